The molecule has 2 aromatic rings. The Morgan fingerprint density at radius 3 is 2.74 bits per heavy atom. The topological polar surface area (TPSA) is 93.2 Å². The number of carbonyl (C=O) groups is 1. The van der Waals surface area contributed by atoms with Crippen LogP contribution in [0.15, 0.2) is 18.2 Å². The van der Waals surface area contributed by atoms with Crippen molar-refractivity contribution in [3.63, 3.8) is 0 Å². The number of nitrogens with zero attached hydrogens (tertiary/aromatic N) is 2. The largest absolute Gasteiger partial charge is 0.457 e. The van der Waals surface area contributed by atoms with Crippen LogP contribution in [0.25, 0.3) is 0 Å². The molecule has 0 radical (unpaired) electrons. The van der Waals surface area contributed by atoms with Gasteiger partial charge in [-0.2, -0.15) is 5.26 Å². The summed E-state index contributed by atoms with van der Waals surface area (Å²) in [5.74, 6) is -0.624. The highest BCUT2D eigenvalue weighted by molar-refractivity contribution is 7.12. The minimum atomic E-state index is -0.624. The molecule has 0 saturated carbocycles. The van der Waals surface area contributed by atoms with E-state index in [9.17, 15) is 14.9 Å². The van der Waals surface area contributed by atoms with Crippen molar-refractivity contribution in [1.29, 1.82) is 5.26 Å². The Bertz CT molecular complexity index is 839. The summed E-state index contributed by atoms with van der Waals surface area (Å²) < 4.78 is 5.18. The van der Waals surface area contributed by atoms with Crippen LogP contribution in [0.2, 0.25) is 5.02 Å². The highest BCUT2D eigenvalue weighted by Crippen LogP contribution is 2.28. The van der Waals surface area contributed by atoms with Crippen LogP contribution in [-0.4, -0.2) is 10.9 Å². The molecule has 2 rings (SSSR count). The fourth-order valence-corrected chi connectivity index (χ4v) is 3.26. The molecule has 1 aromatic heterocycles. The van der Waals surface area contributed by atoms with Gasteiger partial charge in [0, 0.05) is 15.8 Å². The van der Waals surface area contributed by atoms with Crippen molar-refractivity contribution in [2.24, 2.45) is 0 Å². The van der Waals surface area contributed by atoms with E-state index in [4.69, 9.17) is 21.6 Å². The van der Waals surface area contributed by atoms with Crippen molar-refractivity contribution >= 4 is 34.6 Å². The standard InChI is InChI=1S/C15H11ClN2O4S/c1-8-11(6-17)14(9(2)23-8)15(19)22-7-10-3-4-12(16)13(5-10)18(20)21/h3-5H,7H2,1-2H3. The number of hydrogen-bond acceptors (Lipinski definition) is 6. The van der Waals surface area contributed by atoms with Crippen molar-refractivity contribution in [3.05, 3.63) is 59.8 Å². The molecule has 0 aliphatic heterocycles. The fourth-order valence-electron chi connectivity index (χ4n) is 2.07. The third kappa shape index (κ3) is 3.50. The van der Waals surface area contributed by atoms with E-state index in [0.29, 0.717) is 16.0 Å². The highest BCUT2D eigenvalue weighted by atomic mass is 35.5. The zero-order valence-corrected chi connectivity index (χ0v) is 13.8. The predicted octanol–water partition coefficient (Wildman–Crippen LogP) is 4.16. The molecule has 0 saturated heterocycles. The van der Waals surface area contributed by atoms with E-state index in [1.807, 2.05) is 6.07 Å². The number of rotatable bonds is 4. The van der Waals surface area contributed by atoms with Crippen molar-refractivity contribution in [2.75, 3.05) is 0 Å². The van der Waals surface area contributed by atoms with Crippen LogP contribution in [0.1, 0.15) is 31.2 Å². The number of nitriles is 1. The second kappa shape index (κ2) is 6.77. The average Bonchev–Trinajstić information content (AvgIpc) is 2.79. The summed E-state index contributed by atoms with van der Waals surface area (Å²) in [6, 6.07) is 6.17. The molecule has 0 aliphatic carbocycles. The molecule has 0 unspecified atom stereocenters. The molecule has 0 spiro atoms. The summed E-state index contributed by atoms with van der Waals surface area (Å²) in [6.45, 7) is 3.35. The number of aryl methyl sites for hydroxylation is 2. The summed E-state index contributed by atoms with van der Waals surface area (Å²) in [5, 5.41) is 20.0. The molecular formula is C15H11ClN2O4S. The van der Waals surface area contributed by atoms with Gasteiger partial charge < -0.3 is 4.74 Å². The summed E-state index contributed by atoms with van der Waals surface area (Å²) in [5.41, 5.74) is 0.746. The molecule has 0 fully saturated rings. The fraction of sp³-hybridized carbons (Fsp3) is 0.200. The van der Waals surface area contributed by atoms with Crippen molar-refractivity contribution in [1.82, 2.24) is 0 Å². The highest BCUT2D eigenvalue weighted by Gasteiger charge is 2.21. The molecule has 0 bridgehead atoms. The van der Waals surface area contributed by atoms with Gasteiger partial charge in [-0.3, -0.25) is 10.1 Å². The van der Waals surface area contributed by atoms with Crippen molar-refractivity contribution in [3.8, 4) is 6.07 Å². The number of nitro benzene ring substituents is 1. The van der Waals surface area contributed by atoms with Crippen LogP contribution in [0, 0.1) is 35.3 Å². The van der Waals surface area contributed by atoms with E-state index in [1.54, 1.807) is 19.9 Å². The summed E-state index contributed by atoms with van der Waals surface area (Å²) in [7, 11) is 0. The Labute approximate surface area is 141 Å². The first kappa shape index (κ1) is 16.9. The average molecular weight is 351 g/mol. The molecule has 0 N–H and O–H groups in total. The van der Waals surface area contributed by atoms with Crippen LogP contribution in [0.4, 0.5) is 5.69 Å². The molecule has 0 aliphatic rings. The minimum Gasteiger partial charge on any atom is -0.457 e. The lowest BCUT2D eigenvalue weighted by atomic mass is 10.1. The van der Waals surface area contributed by atoms with Gasteiger partial charge in [0.05, 0.1) is 16.1 Å². The maximum absolute atomic E-state index is 12.2. The maximum Gasteiger partial charge on any atom is 0.340 e. The lowest BCUT2D eigenvalue weighted by molar-refractivity contribution is -0.384. The number of thiophene rings is 1. The van der Waals surface area contributed by atoms with E-state index in [-0.39, 0.29) is 22.9 Å². The van der Waals surface area contributed by atoms with E-state index in [1.165, 1.54) is 23.5 Å². The first-order valence-corrected chi connectivity index (χ1v) is 7.64. The second-order valence-corrected chi connectivity index (χ2v) is 6.53. The van der Waals surface area contributed by atoms with Gasteiger partial charge in [0.15, 0.2) is 0 Å². The van der Waals surface area contributed by atoms with Crippen LogP contribution in [-0.2, 0) is 11.3 Å². The Hall–Kier alpha value is -2.43. The lowest BCUT2D eigenvalue weighted by Gasteiger charge is -2.06. The number of ether oxygens (including phenoxy) is 1. The van der Waals surface area contributed by atoms with Crippen LogP contribution >= 0.6 is 22.9 Å². The van der Waals surface area contributed by atoms with Crippen LogP contribution in [0.5, 0.6) is 0 Å². The molecule has 118 valence electrons. The smallest absolute Gasteiger partial charge is 0.340 e. The normalized spacial score (nSPS) is 10.2. The Morgan fingerprint density at radius 1 is 1.43 bits per heavy atom. The Kier molecular flexibility index (Phi) is 4.98. The van der Waals surface area contributed by atoms with Crippen LogP contribution in [0.3, 0.4) is 0 Å². The lowest BCUT2D eigenvalue weighted by Crippen LogP contribution is -2.07. The number of benzene rings is 1. The molecule has 1 aromatic carbocycles. The molecule has 8 heteroatoms. The maximum atomic E-state index is 12.2. The quantitative estimate of drug-likeness (QED) is 0.469. The van der Waals surface area contributed by atoms with Gasteiger partial charge in [-0.15, -0.1) is 11.3 Å². The van der Waals surface area contributed by atoms with Crippen molar-refractivity contribution < 1.29 is 14.5 Å². The number of hydrogen-bond donors (Lipinski definition) is 0. The van der Waals surface area contributed by atoms with Gasteiger partial charge in [-0.05, 0) is 25.5 Å². The zero-order chi connectivity index (χ0) is 17.1. The van der Waals surface area contributed by atoms with Crippen molar-refractivity contribution in [2.45, 2.75) is 20.5 Å². The third-order valence-corrected chi connectivity index (χ3v) is 4.49. The summed E-state index contributed by atoms with van der Waals surface area (Å²) in [4.78, 5) is 23.9. The molecule has 0 atom stereocenters. The van der Waals surface area contributed by atoms with Gasteiger partial charge in [-0.25, -0.2) is 4.79 Å². The minimum absolute atomic E-state index is 0.0150. The summed E-state index contributed by atoms with van der Waals surface area (Å²) >= 11 is 7.08. The first-order valence-electron chi connectivity index (χ1n) is 6.45. The number of esters is 1. The zero-order valence-electron chi connectivity index (χ0n) is 12.3. The number of halogens is 1. The molecular weight excluding hydrogens is 340 g/mol. The first-order chi connectivity index (χ1) is 10.8. The Balaban J connectivity index is 2.19. The predicted molar refractivity (Wildman–Crippen MR) is 85.7 cm³/mol. The SMILES string of the molecule is Cc1sc(C)c(C(=O)OCc2ccc(Cl)c([N+](=O)[O-])c2)c1C#N. The van der Waals surface area contributed by atoms with Gasteiger partial charge in [0.1, 0.15) is 17.7 Å². The van der Waals surface area contributed by atoms with E-state index in [0.717, 1.165) is 4.88 Å². The van der Waals surface area contributed by atoms with E-state index < -0.39 is 10.9 Å². The van der Waals surface area contributed by atoms with Gasteiger partial charge >= 0.3 is 5.97 Å². The number of carbonyl (C=O) groups excluding carboxylic acids is 1. The van der Waals surface area contributed by atoms with E-state index in [2.05, 4.69) is 0 Å². The Morgan fingerprint density at radius 2 is 2.13 bits per heavy atom. The molecule has 23 heavy (non-hydrogen) atoms. The molecule has 6 nitrogen and oxygen atoms in total. The van der Waals surface area contributed by atoms with E-state index >= 15 is 0 Å². The molecule has 1 heterocycles. The summed E-state index contributed by atoms with van der Waals surface area (Å²) in [6.07, 6.45) is 0. The monoisotopic (exact) mass is 350 g/mol. The second-order valence-electron chi connectivity index (χ2n) is 4.70. The van der Waals surface area contributed by atoms with Gasteiger partial charge in [0.25, 0.3) is 5.69 Å². The van der Waals surface area contributed by atoms with Crippen LogP contribution < -0.4 is 0 Å². The van der Waals surface area contributed by atoms with Gasteiger partial charge in [0.2, 0.25) is 0 Å². The molecule has 0 amide bonds. The third-order valence-electron chi connectivity index (χ3n) is 3.15. The van der Waals surface area contributed by atoms with Gasteiger partial charge in [-0.1, -0.05) is 17.7 Å². The number of nitro groups is 1.